The van der Waals surface area contributed by atoms with E-state index in [1.807, 2.05) is 54.6 Å². The number of carbonyl (C=O) groups excluding carboxylic acids is 1. The van der Waals surface area contributed by atoms with Crippen molar-refractivity contribution in [2.24, 2.45) is 4.99 Å². The van der Waals surface area contributed by atoms with Gasteiger partial charge in [0.15, 0.2) is 0 Å². The molecule has 2 aromatic rings. The van der Waals surface area contributed by atoms with Crippen LogP contribution in [0.1, 0.15) is 11.1 Å². The lowest BCUT2D eigenvalue weighted by Gasteiger charge is -1.99. The molecule has 0 spiro atoms. The van der Waals surface area contributed by atoms with Gasteiger partial charge in [-0.2, -0.15) is 4.99 Å². The molecule has 0 aliphatic rings. The van der Waals surface area contributed by atoms with Gasteiger partial charge in [0, 0.05) is 10.6 Å². The first kappa shape index (κ1) is 12.3. The summed E-state index contributed by atoms with van der Waals surface area (Å²) in [5, 5.41) is 0.685. The summed E-state index contributed by atoms with van der Waals surface area (Å²) in [6.45, 7) is 0. The van der Waals surface area contributed by atoms with Crippen molar-refractivity contribution in [1.29, 1.82) is 0 Å². The van der Waals surface area contributed by atoms with E-state index in [1.54, 1.807) is 12.1 Å². The van der Waals surface area contributed by atoms with Gasteiger partial charge in [-0.15, -0.1) is 0 Å². The van der Waals surface area contributed by atoms with Gasteiger partial charge in [-0.25, -0.2) is 4.79 Å². The Morgan fingerprint density at radius 3 is 2.28 bits per heavy atom. The number of para-hydroxylation sites is 1. The molecule has 2 nitrogen and oxygen atoms in total. The van der Waals surface area contributed by atoms with Crippen LogP contribution in [0.25, 0.3) is 12.2 Å². The molecule has 0 fully saturated rings. The molecule has 0 N–H and O–H groups in total. The molecule has 2 aromatic carbocycles. The van der Waals surface area contributed by atoms with Gasteiger partial charge < -0.3 is 0 Å². The van der Waals surface area contributed by atoms with Crippen LogP contribution >= 0.6 is 11.6 Å². The van der Waals surface area contributed by atoms with Crippen molar-refractivity contribution in [2.45, 2.75) is 0 Å². The quantitative estimate of drug-likeness (QED) is 0.452. The van der Waals surface area contributed by atoms with E-state index < -0.39 is 0 Å². The van der Waals surface area contributed by atoms with Crippen LogP contribution in [-0.2, 0) is 4.79 Å². The lowest BCUT2D eigenvalue weighted by atomic mass is 10.1. The Labute approximate surface area is 110 Å². The van der Waals surface area contributed by atoms with Gasteiger partial charge in [-0.1, -0.05) is 60.2 Å². The molecule has 0 aliphatic heterocycles. The Hall–Kier alpha value is -2.15. The van der Waals surface area contributed by atoms with Crippen LogP contribution in [0.3, 0.4) is 0 Å². The summed E-state index contributed by atoms with van der Waals surface area (Å²) in [5.74, 6) is 0. The maximum Gasteiger partial charge on any atom is 0.240 e. The lowest BCUT2D eigenvalue weighted by Crippen LogP contribution is -1.76. The molecule has 0 aliphatic carbocycles. The molecule has 2 rings (SSSR count). The predicted octanol–water partition coefficient (Wildman–Crippen LogP) is 4.48. The summed E-state index contributed by atoms with van der Waals surface area (Å²) in [6.07, 6.45) is 5.31. The second-order valence-corrected chi connectivity index (χ2v) is 4.02. The number of aliphatic imine (C=N–C) groups is 1. The third-order valence-corrected chi connectivity index (χ3v) is 2.79. The normalized spacial score (nSPS) is 10.3. The van der Waals surface area contributed by atoms with Gasteiger partial charge in [0.2, 0.25) is 6.08 Å². The Morgan fingerprint density at radius 1 is 0.944 bits per heavy atom. The molecule has 0 radical (unpaired) electrons. The van der Waals surface area contributed by atoms with Crippen LogP contribution in [-0.4, -0.2) is 6.08 Å². The van der Waals surface area contributed by atoms with Crippen molar-refractivity contribution in [1.82, 2.24) is 0 Å². The summed E-state index contributed by atoms with van der Waals surface area (Å²) in [4.78, 5) is 14.0. The van der Waals surface area contributed by atoms with E-state index in [1.165, 1.54) is 0 Å². The Morgan fingerprint density at radius 2 is 1.56 bits per heavy atom. The minimum Gasteiger partial charge on any atom is -0.211 e. The van der Waals surface area contributed by atoms with Crippen molar-refractivity contribution in [3.63, 3.8) is 0 Å². The van der Waals surface area contributed by atoms with Crippen molar-refractivity contribution < 1.29 is 4.79 Å². The summed E-state index contributed by atoms with van der Waals surface area (Å²) in [5.41, 5.74) is 2.36. The molecule has 0 heterocycles. The summed E-state index contributed by atoms with van der Waals surface area (Å²) < 4.78 is 0. The largest absolute Gasteiger partial charge is 0.240 e. The number of isocyanates is 1. The van der Waals surface area contributed by atoms with Crippen LogP contribution < -0.4 is 0 Å². The van der Waals surface area contributed by atoms with Gasteiger partial charge in [0.25, 0.3) is 0 Å². The number of hydrogen-bond acceptors (Lipinski definition) is 2. The third kappa shape index (κ3) is 2.95. The minimum absolute atomic E-state index is 0.593. The zero-order valence-electron chi connectivity index (χ0n) is 9.51. The second-order valence-electron chi connectivity index (χ2n) is 3.62. The van der Waals surface area contributed by atoms with Crippen LogP contribution in [0.15, 0.2) is 53.5 Å². The molecule has 0 unspecified atom stereocenters. The maximum absolute atomic E-state index is 10.3. The summed E-state index contributed by atoms with van der Waals surface area (Å²) in [6, 6.07) is 14.9. The highest BCUT2D eigenvalue weighted by atomic mass is 35.5. The molecule has 88 valence electrons. The van der Waals surface area contributed by atoms with E-state index in [2.05, 4.69) is 4.99 Å². The molecular formula is C15H10ClNO. The van der Waals surface area contributed by atoms with Crippen molar-refractivity contribution in [3.8, 4) is 0 Å². The zero-order chi connectivity index (χ0) is 12.8. The molecule has 0 aromatic heterocycles. The zero-order valence-corrected chi connectivity index (χ0v) is 10.3. The highest BCUT2D eigenvalue weighted by Crippen LogP contribution is 2.22. The monoisotopic (exact) mass is 255 g/mol. The first-order valence-corrected chi connectivity index (χ1v) is 5.78. The van der Waals surface area contributed by atoms with Gasteiger partial charge in [0.05, 0.1) is 5.69 Å². The van der Waals surface area contributed by atoms with Crippen LogP contribution in [0.5, 0.6) is 0 Å². The fourth-order valence-electron chi connectivity index (χ4n) is 1.57. The van der Waals surface area contributed by atoms with Crippen LogP contribution in [0, 0.1) is 0 Å². The molecule has 3 heteroatoms. The van der Waals surface area contributed by atoms with E-state index in [0.29, 0.717) is 10.7 Å². The van der Waals surface area contributed by atoms with Crippen molar-refractivity contribution >= 4 is 35.5 Å². The molecule has 0 bridgehead atoms. The Balaban J connectivity index is 2.35. The fourth-order valence-corrected chi connectivity index (χ4v) is 1.77. The van der Waals surface area contributed by atoms with E-state index in [0.717, 1.165) is 11.1 Å². The smallest absolute Gasteiger partial charge is 0.211 e. The topological polar surface area (TPSA) is 29.4 Å². The van der Waals surface area contributed by atoms with Crippen molar-refractivity contribution in [2.75, 3.05) is 0 Å². The number of nitrogens with zero attached hydrogens (tertiary/aromatic N) is 1. The van der Waals surface area contributed by atoms with E-state index in [-0.39, 0.29) is 0 Å². The Kier molecular flexibility index (Phi) is 4.08. The number of halogens is 1. The predicted molar refractivity (Wildman–Crippen MR) is 74.6 cm³/mol. The molecule has 18 heavy (non-hydrogen) atoms. The van der Waals surface area contributed by atoms with Gasteiger partial charge in [0.1, 0.15) is 0 Å². The fraction of sp³-hybridized carbons (Fsp3) is 0. The first-order valence-electron chi connectivity index (χ1n) is 5.41. The molecular weight excluding hydrogens is 246 g/mol. The minimum atomic E-state index is 0.593. The molecule has 0 amide bonds. The molecule has 0 saturated heterocycles. The highest BCUT2D eigenvalue weighted by molar-refractivity contribution is 6.32. The van der Waals surface area contributed by atoms with Crippen LogP contribution in [0.4, 0.5) is 5.69 Å². The van der Waals surface area contributed by atoms with E-state index in [4.69, 9.17) is 11.6 Å². The highest BCUT2D eigenvalue weighted by Gasteiger charge is 1.97. The number of hydrogen-bond donors (Lipinski definition) is 0. The van der Waals surface area contributed by atoms with Crippen LogP contribution in [0.2, 0.25) is 5.02 Å². The average Bonchev–Trinajstić information content (AvgIpc) is 2.40. The molecule has 0 saturated carbocycles. The van der Waals surface area contributed by atoms with Crippen molar-refractivity contribution in [3.05, 3.63) is 64.7 Å². The standard InChI is InChI=1S/C15H10ClNO/c16-14-7-3-1-5-12(14)9-10-13-6-2-4-8-15(13)17-11-18/h1-10H. The second kappa shape index (κ2) is 5.97. The maximum atomic E-state index is 10.3. The third-order valence-electron chi connectivity index (χ3n) is 2.45. The molecule has 0 atom stereocenters. The first-order chi connectivity index (χ1) is 8.81. The van der Waals surface area contributed by atoms with Gasteiger partial charge in [-0.3, -0.25) is 0 Å². The van der Waals surface area contributed by atoms with E-state index in [9.17, 15) is 4.79 Å². The summed E-state index contributed by atoms with van der Waals surface area (Å²) in [7, 11) is 0. The number of rotatable bonds is 3. The van der Waals surface area contributed by atoms with E-state index >= 15 is 0 Å². The summed E-state index contributed by atoms with van der Waals surface area (Å²) >= 11 is 6.05. The average molecular weight is 256 g/mol. The Bertz CT molecular complexity index is 628. The van der Waals surface area contributed by atoms with Gasteiger partial charge in [-0.05, 0) is 17.7 Å². The lowest BCUT2D eigenvalue weighted by molar-refractivity contribution is 0.565. The van der Waals surface area contributed by atoms with Gasteiger partial charge >= 0.3 is 0 Å². The number of benzene rings is 2. The SMILES string of the molecule is O=C=Nc1ccccc1C=Cc1ccccc1Cl.